The van der Waals surface area contributed by atoms with E-state index >= 15 is 0 Å². The molecule has 0 heterocycles. The van der Waals surface area contributed by atoms with Crippen LogP contribution < -0.4 is 11.1 Å². The molecule has 0 saturated heterocycles. The van der Waals surface area contributed by atoms with E-state index in [1.807, 2.05) is 0 Å². The summed E-state index contributed by atoms with van der Waals surface area (Å²) in [6, 6.07) is 1.35. The fraction of sp³-hybridized carbons (Fsp3) is 1.00. The first-order valence-electron chi connectivity index (χ1n) is 7.84. The highest BCUT2D eigenvalue weighted by molar-refractivity contribution is 4.80. The number of nitrogens with two attached hydrogens (primary N) is 1. The molecule has 2 saturated carbocycles. The summed E-state index contributed by atoms with van der Waals surface area (Å²) in [6.45, 7) is 0.826. The molecular weight excluding hydrogens is 208 g/mol. The molecule has 2 rings (SSSR count). The van der Waals surface area contributed by atoms with Crippen molar-refractivity contribution < 1.29 is 0 Å². The van der Waals surface area contributed by atoms with E-state index in [4.69, 9.17) is 5.73 Å². The molecule has 1 atom stereocenters. The Kier molecular flexibility index (Phi) is 5.79. The van der Waals surface area contributed by atoms with Crippen molar-refractivity contribution in [3.63, 3.8) is 0 Å². The molecule has 17 heavy (non-hydrogen) atoms. The molecule has 2 aliphatic carbocycles. The van der Waals surface area contributed by atoms with Gasteiger partial charge in [0.2, 0.25) is 0 Å². The van der Waals surface area contributed by atoms with Gasteiger partial charge in [-0.25, -0.2) is 0 Å². The zero-order valence-corrected chi connectivity index (χ0v) is 11.3. The van der Waals surface area contributed by atoms with Crippen LogP contribution in [0.5, 0.6) is 0 Å². The minimum absolute atomic E-state index is 0.584. The molecule has 0 aromatic rings. The van der Waals surface area contributed by atoms with E-state index in [2.05, 4.69) is 5.32 Å². The van der Waals surface area contributed by atoms with Crippen LogP contribution in [-0.4, -0.2) is 18.6 Å². The van der Waals surface area contributed by atoms with Gasteiger partial charge in [0.25, 0.3) is 0 Å². The zero-order valence-electron chi connectivity index (χ0n) is 11.3. The third-order valence-electron chi connectivity index (χ3n) is 4.70. The predicted molar refractivity (Wildman–Crippen MR) is 74.0 cm³/mol. The van der Waals surface area contributed by atoms with Crippen molar-refractivity contribution in [1.29, 1.82) is 0 Å². The number of nitrogens with one attached hydrogen (secondary N) is 1. The Labute approximate surface area is 107 Å². The Bertz CT molecular complexity index is 173. The fourth-order valence-electron chi connectivity index (χ4n) is 3.66. The lowest BCUT2D eigenvalue weighted by Crippen LogP contribution is -2.44. The minimum atomic E-state index is 0.584. The lowest BCUT2D eigenvalue weighted by Gasteiger charge is -2.31. The van der Waals surface area contributed by atoms with Gasteiger partial charge in [0.15, 0.2) is 0 Å². The summed E-state index contributed by atoms with van der Waals surface area (Å²) in [6.07, 6.45) is 15.6. The van der Waals surface area contributed by atoms with Crippen LogP contribution in [0.25, 0.3) is 0 Å². The molecule has 2 heteroatoms. The molecule has 3 N–H and O–H groups in total. The van der Waals surface area contributed by atoms with Crippen LogP contribution in [0.4, 0.5) is 0 Å². The molecule has 2 fully saturated rings. The van der Waals surface area contributed by atoms with E-state index < -0.39 is 0 Å². The van der Waals surface area contributed by atoms with Crippen molar-refractivity contribution in [3.8, 4) is 0 Å². The van der Waals surface area contributed by atoms with E-state index in [-0.39, 0.29) is 0 Å². The van der Waals surface area contributed by atoms with Crippen molar-refractivity contribution in [3.05, 3.63) is 0 Å². The zero-order chi connectivity index (χ0) is 11.9. The Morgan fingerprint density at radius 3 is 2.06 bits per heavy atom. The first-order valence-corrected chi connectivity index (χ1v) is 7.84. The Balaban J connectivity index is 1.71. The van der Waals surface area contributed by atoms with Crippen molar-refractivity contribution >= 4 is 0 Å². The summed E-state index contributed by atoms with van der Waals surface area (Å²) in [5.74, 6) is 0.952. The molecule has 0 aromatic heterocycles. The van der Waals surface area contributed by atoms with Gasteiger partial charge in [0.05, 0.1) is 0 Å². The Hall–Kier alpha value is -0.0800. The second kappa shape index (κ2) is 7.38. The Morgan fingerprint density at radius 1 is 0.882 bits per heavy atom. The predicted octanol–water partition coefficient (Wildman–Crippen LogP) is 3.21. The van der Waals surface area contributed by atoms with Crippen LogP contribution >= 0.6 is 0 Å². The molecule has 0 aromatic carbocycles. The van der Waals surface area contributed by atoms with E-state index in [0.29, 0.717) is 6.04 Å². The van der Waals surface area contributed by atoms with E-state index in [1.165, 1.54) is 70.6 Å². The summed E-state index contributed by atoms with van der Waals surface area (Å²) in [4.78, 5) is 0. The molecule has 2 aliphatic rings. The lowest BCUT2D eigenvalue weighted by atomic mass is 9.84. The van der Waals surface area contributed by atoms with Gasteiger partial charge in [-0.2, -0.15) is 0 Å². The van der Waals surface area contributed by atoms with Crippen molar-refractivity contribution in [2.24, 2.45) is 11.7 Å². The van der Waals surface area contributed by atoms with Crippen molar-refractivity contribution in [2.75, 3.05) is 6.54 Å². The van der Waals surface area contributed by atoms with Gasteiger partial charge in [-0.15, -0.1) is 0 Å². The number of hydrogen-bond acceptors (Lipinski definition) is 2. The largest absolute Gasteiger partial charge is 0.329 e. The van der Waals surface area contributed by atoms with E-state index in [1.54, 1.807) is 0 Å². The van der Waals surface area contributed by atoms with Crippen LogP contribution in [-0.2, 0) is 0 Å². The third kappa shape index (κ3) is 4.59. The summed E-state index contributed by atoms with van der Waals surface area (Å²) in [5, 5.41) is 3.83. The first-order chi connectivity index (χ1) is 8.38. The molecular formula is C15H30N2. The highest BCUT2D eigenvalue weighted by Crippen LogP contribution is 2.27. The second-order valence-electron chi connectivity index (χ2n) is 6.17. The molecule has 0 spiro atoms. The van der Waals surface area contributed by atoms with Gasteiger partial charge in [-0.1, -0.05) is 51.4 Å². The van der Waals surface area contributed by atoms with E-state index in [0.717, 1.165) is 18.5 Å². The van der Waals surface area contributed by atoms with Gasteiger partial charge < -0.3 is 11.1 Å². The van der Waals surface area contributed by atoms with Gasteiger partial charge in [-0.05, 0) is 25.2 Å². The van der Waals surface area contributed by atoms with Crippen molar-refractivity contribution in [2.45, 2.75) is 82.7 Å². The van der Waals surface area contributed by atoms with Crippen LogP contribution in [0.3, 0.4) is 0 Å². The highest BCUT2D eigenvalue weighted by Gasteiger charge is 2.21. The van der Waals surface area contributed by atoms with Gasteiger partial charge in [0.1, 0.15) is 0 Å². The molecule has 0 amide bonds. The van der Waals surface area contributed by atoms with Crippen LogP contribution in [0.2, 0.25) is 0 Å². The molecule has 100 valence electrons. The van der Waals surface area contributed by atoms with Gasteiger partial charge >= 0.3 is 0 Å². The number of rotatable bonds is 5. The summed E-state index contributed by atoms with van der Waals surface area (Å²) >= 11 is 0. The highest BCUT2D eigenvalue weighted by atomic mass is 15.0. The number of hydrogen-bond donors (Lipinski definition) is 2. The van der Waals surface area contributed by atoms with Gasteiger partial charge in [0, 0.05) is 18.6 Å². The average Bonchev–Trinajstić information content (AvgIpc) is 2.40. The lowest BCUT2D eigenvalue weighted by molar-refractivity contribution is 0.268. The van der Waals surface area contributed by atoms with Crippen LogP contribution in [0.15, 0.2) is 0 Å². The summed E-state index contributed by atoms with van der Waals surface area (Å²) in [7, 11) is 0. The minimum Gasteiger partial charge on any atom is -0.329 e. The van der Waals surface area contributed by atoms with Crippen molar-refractivity contribution in [1.82, 2.24) is 5.32 Å². The Morgan fingerprint density at radius 2 is 1.47 bits per heavy atom. The molecule has 0 aliphatic heterocycles. The topological polar surface area (TPSA) is 38.0 Å². The summed E-state index contributed by atoms with van der Waals surface area (Å²) < 4.78 is 0. The molecule has 2 nitrogen and oxygen atoms in total. The fourth-order valence-corrected chi connectivity index (χ4v) is 3.66. The molecule has 0 radical (unpaired) electrons. The molecule has 1 unspecified atom stereocenters. The maximum atomic E-state index is 5.94. The molecule has 0 bridgehead atoms. The average molecular weight is 238 g/mol. The van der Waals surface area contributed by atoms with Crippen LogP contribution in [0, 0.1) is 5.92 Å². The third-order valence-corrected chi connectivity index (χ3v) is 4.70. The smallest absolute Gasteiger partial charge is 0.0195 e. The monoisotopic (exact) mass is 238 g/mol. The second-order valence-corrected chi connectivity index (χ2v) is 6.17. The maximum Gasteiger partial charge on any atom is 0.0195 e. The quantitative estimate of drug-likeness (QED) is 0.772. The normalized spacial score (nSPS) is 25.9. The maximum absolute atomic E-state index is 5.94. The summed E-state index contributed by atoms with van der Waals surface area (Å²) in [5.41, 5.74) is 5.94. The van der Waals surface area contributed by atoms with Crippen LogP contribution in [0.1, 0.15) is 70.6 Å². The standard InChI is InChI=1S/C15H30N2/c16-12-15(11-13-7-3-1-4-8-13)17-14-9-5-2-6-10-14/h13-15,17H,1-12,16H2. The van der Waals surface area contributed by atoms with Gasteiger partial charge in [-0.3, -0.25) is 0 Å². The first kappa shape index (κ1) is 13.4. The SMILES string of the molecule is NCC(CC1CCCCC1)NC1CCCCC1. The van der Waals surface area contributed by atoms with E-state index in [9.17, 15) is 0 Å².